The molecule has 0 radical (unpaired) electrons. The van der Waals surface area contributed by atoms with E-state index < -0.39 is 18.0 Å². The van der Waals surface area contributed by atoms with E-state index in [4.69, 9.17) is 10.3 Å². The number of nitrogen functional groups attached to an aromatic ring is 1. The van der Waals surface area contributed by atoms with Crippen molar-refractivity contribution in [1.29, 1.82) is 0 Å². The Morgan fingerprint density at radius 2 is 1.69 bits per heavy atom. The molecule has 32 heavy (non-hydrogen) atoms. The Kier molecular flexibility index (Phi) is 5.64. The summed E-state index contributed by atoms with van der Waals surface area (Å²) in [4.78, 5) is 16.7. The van der Waals surface area contributed by atoms with Gasteiger partial charge in [-0.25, -0.2) is 4.39 Å². The summed E-state index contributed by atoms with van der Waals surface area (Å²) in [6.45, 7) is 1.60. The number of carbonyl (C=O) groups excluding carboxylic acids is 1. The van der Waals surface area contributed by atoms with Crippen molar-refractivity contribution in [2.45, 2.75) is 6.36 Å². The van der Waals surface area contributed by atoms with Crippen LogP contribution in [0.1, 0.15) is 10.4 Å². The smallest absolute Gasteiger partial charge is 0.405 e. The molecule has 0 atom stereocenters. The van der Waals surface area contributed by atoms with E-state index in [1.54, 1.807) is 12.1 Å². The Morgan fingerprint density at radius 3 is 2.34 bits per heavy atom. The van der Waals surface area contributed by atoms with Crippen LogP contribution < -0.4 is 15.4 Å². The van der Waals surface area contributed by atoms with Crippen molar-refractivity contribution in [3.05, 3.63) is 59.9 Å². The second-order valence-corrected chi connectivity index (χ2v) is 7.07. The van der Waals surface area contributed by atoms with Gasteiger partial charge in [0.1, 0.15) is 22.8 Å². The summed E-state index contributed by atoms with van der Waals surface area (Å²) in [5, 5.41) is 3.72. The summed E-state index contributed by atoms with van der Waals surface area (Å²) in [6.07, 6.45) is -4.92. The van der Waals surface area contributed by atoms with E-state index in [0.29, 0.717) is 26.2 Å². The third-order valence-corrected chi connectivity index (χ3v) is 5.06. The van der Waals surface area contributed by atoms with Gasteiger partial charge in [-0.05, 0) is 36.4 Å². The minimum atomic E-state index is -4.92. The van der Waals surface area contributed by atoms with Crippen LogP contribution in [0.2, 0.25) is 0 Å². The molecular formula is C21H18F4N4O3. The minimum absolute atomic E-state index is 0.0708. The van der Waals surface area contributed by atoms with Gasteiger partial charge < -0.3 is 24.8 Å². The molecule has 1 saturated heterocycles. The van der Waals surface area contributed by atoms with Gasteiger partial charge >= 0.3 is 6.36 Å². The molecule has 0 unspecified atom stereocenters. The van der Waals surface area contributed by atoms with Gasteiger partial charge in [0, 0.05) is 37.4 Å². The fraction of sp³-hybridized carbons (Fsp3) is 0.238. The van der Waals surface area contributed by atoms with Crippen LogP contribution in [0.5, 0.6) is 5.75 Å². The fourth-order valence-corrected chi connectivity index (χ4v) is 3.55. The SMILES string of the molecule is Nc1onc(-c2ccccc2OC(F)(F)F)c1C(=O)N1CCN(c2ccc(F)cc2)CC1. The summed E-state index contributed by atoms with van der Waals surface area (Å²) in [5.74, 6) is -1.68. The van der Waals surface area contributed by atoms with E-state index in [-0.39, 0.29) is 28.5 Å². The molecule has 0 bridgehead atoms. The first-order chi connectivity index (χ1) is 15.2. The van der Waals surface area contributed by atoms with Crippen LogP contribution in [-0.4, -0.2) is 48.5 Å². The largest absolute Gasteiger partial charge is 0.573 e. The quantitative estimate of drug-likeness (QED) is 0.607. The van der Waals surface area contributed by atoms with Gasteiger partial charge in [0.25, 0.3) is 5.91 Å². The average Bonchev–Trinajstić information content (AvgIpc) is 3.14. The molecule has 0 aliphatic carbocycles. The number of para-hydroxylation sites is 1. The highest BCUT2D eigenvalue weighted by molar-refractivity contribution is 6.04. The number of rotatable bonds is 4. The predicted molar refractivity (Wildman–Crippen MR) is 108 cm³/mol. The topological polar surface area (TPSA) is 84.8 Å². The number of ether oxygens (including phenoxy) is 1. The number of halogens is 4. The van der Waals surface area contributed by atoms with Crippen LogP contribution in [0.3, 0.4) is 0 Å². The Hall–Kier alpha value is -3.76. The van der Waals surface area contributed by atoms with Gasteiger partial charge in [0.05, 0.1) is 0 Å². The van der Waals surface area contributed by atoms with Crippen LogP contribution in [0.25, 0.3) is 11.3 Å². The lowest BCUT2D eigenvalue weighted by Crippen LogP contribution is -2.49. The van der Waals surface area contributed by atoms with Gasteiger partial charge in [-0.2, -0.15) is 0 Å². The maximum Gasteiger partial charge on any atom is 0.573 e. The highest BCUT2D eigenvalue weighted by Gasteiger charge is 2.35. The van der Waals surface area contributed by atoms with E-state index >= 15 is 0 Å². The molecule has 11 heteroatoms. The standard InChI is InChI=1S/C21H18F4N4O3/c22-13-5-7-14(8-6-13)28-9-11-29(12-10-28)20(30)17-18(27-32-19(17)26)15-3-1-2-4-16(15)31-21(23,24)25/h1-8H,9-12,26H2. The molecule has 0 spiro atoms. The third-order valence-electron chi connectivity index (χ3n) is 5.06. The van der Waals surface area contributed by atoms with Crippen LogP contribution in [0.15, 0.2) is 53.1 Å². The number of carbonyl (C=O) groups is 1. The Morgan fingerprint density at radius 1 is 1.03 bits per heavy atom. The van der Waals surface area contributed by atoms with Gasteiger partial charge in [0.2, 0.25) is 5.88 Å². The fourth-order valence-electron chi connectivity index (χ4n) is 3.55. The summed E-state index contributed by atoms with van der Waals surface area (Å²) >= 11 is 0. The molecule has 1 amide bonds. The number of anilines is 2. The normalized spacial score (nSPS) is 14.5. The predicted octanol–water partition coefficient (Wildman–Crippen LogP) is 3.92. The highest BCUT2D eigenvalue weighted by atomic mass is 19.4. The molecule has 1 aliphatic rings. The molecule has 1 fully saturated rings. The average molecular weight is 450 g/mol. The van der Waals surface area contributed by atoms with Crippen molar-refractivity contribution in [2.75, 3.05) is 36.8 Å². The number of nitrogens with zero attached hydrogens (tertiary/aromatic N) is 3. The summed E-state index contributed by atoms with van der Waals surface area (Å²) in [7, 11) is 0. The van der Waals surface area contributed by atoms with Crippen molar-refractivity contribution in [2.24, 2.45) is 0 Å². The lowest BCUT2D eigenvalue weighted by molar-refractivity contribution is -0.274. The van der Waals surface area contributed by atoms with E-state index in [9.17, 15) is 22.4 Å². The second kappa shape index (κ2) is 8.40. The van der Waals surface area contributed by atoms with E-state index in [2.05, 4.69) is 9.89 Å². The number of benzene rings is 2. The monoisotopic (exact) mass is 450 g/mol. The zero-order chi connectivity index (χ0) is 22.9. The van der Waals surface area contributed by atoms with Gasteiger partial charge in [-0.1, -0.05) is 17.3 Å². The van der Waals surface area contributed by atoms with E-state index in [1.807, 2.05) is 4.90 Å². The third kappa shape index (κ3) is 4.46. The number of nitrogens with two attached hydrogens (primary N) is 1. The first-order valence-corrected chi connectivity index (χ1v) is 9.63. The zero-order valence-electron chi connectivity index (χ0n) is 16.6. The van der Waals surface area contributed by atoms with Crippen molar-refractivity contribution in [3.8, 4) is 17.0 Å². The minimum Gasteiger partial charge on any atom is -0.405 e. The molecule has 2 aromatic carbocycles. The van der Waals surface area contributed by atoms with Crippen LogP contribution in [0, 0.1) is 5.82 Å². The van der Waals surface area contributed by atoms with E-state index in [1.165, 1.54) is 35.2 Å². The lowest BCUT2D eigenvalue weighted by Gasteiger charge is -2.36. The van der Waals surface area contributed by atoms with Gasteiger partial charge in [-0.3, -0.25) is 4.79 Å². The summed E-state index contributed by atoms with van der Waals surface area (Å²) in [5.41, 5.74) is 6.30. The summed E-state index contributed by atoms with van der Waals surface area (Å²) < 4.78 is 60.6. The first kappa shape index (κ1) is 21.5. The number of amides is 1. The molecule has 3 aromatic rings. The van der Waals surface area contributed by atoms with Gasteiger partial charge in [-0.15, -0.1) is 13.2 Å². The molecule has 4 rings (SSSR count). The number of hydrogen-bond donors (Lipinski definition) is 1. The van der Waals surface area contributed by atoms with Crippen molar-refractivity contribution < 1.29 is 31.6 Å². The lowest BCUT2D eigenvalue weighted by atomic mass is 10.0. The number of hydrogen-bond acceptors (Lipinski definition) is 6. The van der Waals surface area contributed by atoms with Crippen LogP contribution in [-0.2, 0) is 0 Å². The molecule has 2 N–H and O–H groups in total. The molecule has 7 nitrogen and oxygen atoms in total. The van der Waals surface area contributed by atoms with E-state index in [0.717, 1.165) is 11.8 Å². The highest BCUT2D eigenvalue weighted by Crippen LogP contribution is 2.37. The molecule has 168 valence electrons. The first-order valence-electron chi connectivity index (χ1n) is 9.63. The maximum absolute atomic E-state index is 13.2. The van der Waals surface area contributed by atoms with Crippen LogP contribution in [0.4, 0.5) is 29.1 Å². The van der Waals surface area contributed by atoms with Gasteiger partial charge in [0.15, 0.2) is 0 Å². The maximum atomic E-state index is 13.2. The number of alkyl halides is 3. The summed E-state index contributed by atoms with van der Waals surface area (Å²) in [6, 6.07) is 11.3. The van der Waals surface area contributed by atoms with Crippen molar-refractivity contribution in [1.82, 2.24) is 10.1 Å². The Balaban J connectivity index is 1.56. The van der Waals surface area contributed by atoms with Crippen molar-refractivity contribution in [3.63, 3.8) is 0 Å². The van der Waals surface area contributed by atoms with Crippen LogP contribution >= 0.6 is 0 Å². The zero-order valence-corrected chi connectivity index (χ0v) is 16.6. The Labute approximate surface area is 179 Å². The number of aromatic nitrogens is 1. The number of piperazine rings is 1. The molecule has 2 heterocycles. The molecule has 1 aromatic heterocycles. The Bertz CT molecular complexity index is 1110. The van der Waals surface area contributed by atoms with Crippen molar-refractivity contribution >= 4 is 17.5 Å². The molecule has 1 aliphatic heterocycles. The second-order valence-electron chi connectivity index (χ2n) is 7.07. The molecular weight excluding hydrogens is 432 g/mol. The molecule has 0 saturated carbocycles.